The Morgan fingerprint density at radius 1 is 0.920 bits per heavy atom. The van der Waals surface area contributed by atoms with Crippen LogP contribution in [0.5, 0.6) is 0 Å². The van der Waals surface area contributed by atoms with Gasteiger partial charge >= 0.3 is 6.03 Å². The van der Waals surface area contributed by atoms with E-state index in [4.69, 9.17) is 0 Å². The van der Waals surface area contributed by atoms with Crippen molar-refractivity contribution >= 4 is 39.4 Å². The van der Waals surface area contributed by atoms with Crippen LogP contribution in [0.3, 0.4) is 0 Å². The smallest absolute Gasteiger partial charge is 0.315 e. The molecule has 0 bridgehead atoms. The van der Waals surface area contributed by atoms with E-state index in [-0.39, 0.29) is 36.0 Å². The average molecular weight is 720 g/mol. The number of rotatable bonds is 15. The summed E-state index contributed by atoms with van der Waals surface area (Å²) in [4.78, 5) is 69.6. The molecule has 1 heterocycles. The van der Waals surface area contributed by atoms with Gasteiger partial charge in [-0.05, 0) is 75.5 Å². The number of likely N-dealkylation sites (tertiary alicyclic amines) is 1. The van der Waals surface area contributed by atoms with Gasteiger partial charge in [0.05, 0.1) is 22.1 Å². The molecule has 2 unspecified atom stereocenters. The fourth-order valence-corrected chi connectivity index (χ4v) is 9.01. The molecule has 0 aromatic rings. The zero-order chi connectivity index (χ0) is 37.9. The molecule has 3 rings (SSSR count). The summed E-state index contributed by atoms with van der Waals surface area (Å²) < 4.78 is 25.6. The number of ketones is 1. The van der Waals surface area contributed by atoms with Crippen molar-refractivity contribution in [2.75, 3.05) is 18.8 Å². The maximum Gasteiger partial charge on any atom is 0.315 e. The van der Waals surface area contributed by atoms with E-state index in [9.17, 15) is 32.4 Å². The molecule has 2 aliphatic carbocycles. The first-order chi connectivity index (χ1) is 23.0. The Balaban J connectivity index is 1.86. The molecule has 4 N–H and O–H groups in total. The topological polar surface area (TPSA) is 171 Å². The largest absolute Gasteiger partial charge is 0.349 e. The molecule has 12 nitrogen and oxygen atoms in total. The predicted molar refractivity (Wildman–Crippen MR) is 195 cm³/mol. The quantitative estimate of drug-likeness (QED) is 0.113. The molecule has 50 heavy (non-hydrogen) atoms. The molecule has 13 heteroatoms. The molecule has 0 spiro atoms. The lowest BCUT2D eigenvalue weighted by Crippen LogP contribution is -2.64. The normalized spacial score (nSPS) is 23.8. The van der Waals surface area contributed by atoms with E-state index in [1.54, 1.807) is 32.9 Å². The number of sulfone groups is 1. The summed E-state index contributed by atoms with van der Waals surface area (Å²) in [7, 11) is -3.57. The van der Waals surface area contributed by atoms with Crippen molar-refractivity contribution in [1.29, 1.82) is 0 Å². The van der Waals surface area contributed by atoms with Gasteiger partial charge in [-0.3, -0.25) is 19.2 Å². The van der Waals surface area contributed by atoms with Crippen molar-refractivity contribution in [2.45, 2.75) is 135 Å². The summed E-state index contributed by atoms with van der Waals surface area (Å²) in [6.45, 7) is 22.4. The third kappa shape index (κ3) is 9.36. The number of fused-ring (bicyclic) bond motifs is 1. The summed E-state index contributed by atoms with van der Waals surface area (Å²) in [5.74, 6) is -2.88. The summed E-state index contributed by atoms with van der Waals surface area (Å²) in [6.07, 6.45) is 7.77. The van der Waals surface area contributed by atoms with Gasteiger partial charge in [-0.1, -0.05) is 66.0 Å². The van der Waals surface area contributed by atoms with Crippen molar-refractivity contribution in [3.05, 3.63) is 25.3 Å². The van der Waals surface area contributed by atoms with Crippen molar-refractivity contribution in [3.63, 3.8) is 0 Å². The number of amides is 5. The number of hydrogen-bond acceptors (Lipinski definition) is 7. The van der Waals surface area contributed by atoms with E-state index >= 15 is 0 Å². The Kier molecular flexibility index (Phi) is 12.8. The first-order valence-electron chi connectivity index (χ1n) is 18.0. The molecule has 3 aliphatic rings. The Morgan fingerprint density at radius 2 is 1.52 bits per heavy atom. The minimum absolute atomic E-state index is 0.0364. The molecule has 3 fully saturated rings. The second-order valence-corrected chi connectivity index (χ2v) is 19.9. The highest BCUT2D eigenvalue weighted by Gasteiger charge is 2.70. The van der Waals surface area contributed by atoms with Crippen LogP contribution in [0, 0.1) is 22.7 Å². The van der Waals surface area contributed by atoms with Crippen molar-refractivity contribution in [3.8, 4) is 0 Å². The molecular weight excluding hydrogens is 659 g/mol. The van der Waals surface area contributed by atoms with Crippen LogP contribution in [0.15, 0.2) is 25.3 Å². The molecule has 5 amide bonds. The number of allylic oxidation sites excluding steroid dienone is 1. The minimum Gasteiger partial charge on any atom is -0.349 e. The van der Waals surface area contributed by atoms with E-state index in [1.165, 1.54) is 4.90 Å². The Labute approximate surface area is 299 Å². The molecule has 0 radical (unpaired) electrons. The van der Waals surface area contributed by atoms with Gasteiger partial charge in [-0.2, -0.15) is 0 Å². The molecule has 1 saturated heterocycles. The summed E-state index contributed by atoms with van der Waals surface area (Å²) in [5, 5.41) is 11.2. The number of urea groups is 1. The Bertz CT molecular complexity index is 1440. The molecular formula is C37H61N5O7S. The number of hydrogen-bond donors (Lipinski definition) is 4. The van der Waals surface area contributed by atoms with Gasteiger partial charge in [0.1, 0.15) is 12.1 Å². The number of carbonyl (C=O) groups excluding carboxylic acids is 5. The molecule has 0 aromatic carbocycles. The highest BCUT2D eigenvalue weighted by atomic mass is 32.2. The van der Waals surface area contributed by atoms with E-state index < -0.39 is 73.2 Å². The number of nitrogens with zero attached hydrogens (tertiary/aromatic N) is 1. The van der Waals surface area contributed by atoms with Gasteiger partial charge in [0.25, 0.3) is 5.91 Å². The van der Waals surface area contributed by atoms with E-state index in [2.05, 4.69) is 34.4 Å². The van der Waals surface area contributed by atoms with Crippen LogP contribution in [0.4, 0.5) is 4.79 Å². The summed E-state index contributed by atoms with van der Waals surface area (Å²) >= 11 is 0. The third-order valence-electron chi connectivity index (χ3n) is 10.9. The molecule has 2 saturated carbocycles. The van der Waals surface area contributed by atoms with Gasteiger partial charge in [-0.25, -0.2) is 13.2 Å². The van der Waals surface area contributed by atoms with Crippen LogP contribution >= 0.6 is 0 Å². The number of carbonyl (C=O) groups is 5. The minimum atomic E-state index is -3.57. The van der Waals surface area contributed by atoms with Gasteiger partial charge < -0.3 is 26.2 Å². The second-order valence-electron chi connectivity index (χ2n) is 17.1. The van der Waals surface area contributed by atoms with Crippen LogP contribution in [0.2, 0.25) is 0 Å². The van der Waals surface area contributed by atoms with Crippen LogP contribution in [0.1, 0.15) is 107 Å². The fraction of sp³-hybridized carbons (Fsp3) is 0.757. The zero-order valence-electron chi connectivity index (χ0n) is 31.4. The first kappa shape index (κ1) is 41.2. The standard InChI is InChI=1S/C37H61N5O7S/c1-11-13-18-25(28(43)31(45)38-21-14-12-2)39-30(44)27-26-24(36(26,9)10)22-42(27)32(46)29(34(3,4)5)40-33(47)41-37(19-16-15-17-20-37)23-50(48,49)35(6,7)8/h11-12,24-27,29H,1-2,13-23H2,3-10H3,(H,38,45)(H,39,44)(H2,40,41,47)/t24?,25?,26-,27-,29+/m0/s1. The van der Waals surface area contributed by atoms with Gasteiger partial charge in [0, 0.05) is 13.1 Å². The molecule has 1 aliphatic heterocycles. The molecule has 5 atom stereocenters. The SMILES string of the molecule is C=CCCNC(=O)C(=O)C(CCC=C)NC(=O)[C@@H]1[C@@H]2C(CN1C(=O)[C@@H](NC(=O)NC1(CS(=O)(=O)C(C)(C)C)CCCCC1)C(C)(C)C)C2(C)C. The van der Waals surface area contributed by atoms with Crippen molar-refractivity contribution in [1.82, 2.24) is 26.2 Å². The van der Waals surface area contributed by atoms with Gasteiger partial charge in [0.2, 0.25) is 17.6 Å². The van der Waals surface area contributed by atoms with Gasteiger partial charge in [-0.15, -0.1) is 13.2 Å². The predicted octanol–water partition coefficient (Wildman–Crippen LogP) is 3.81. The van der Waals surface area contributed by atoms with Crippen molar-refractivity contribution in [2.24, 2.45) is 22.7 Å². The van der Waals surface area contributed by atoms with E-state index in [0.717, 1.165) is 19.3 Å². The number of piperidine rings is 1. The molecule has 282 valence electrons. The average Bonchev–Trinajstić information content (AvgIpc) is 3.31. The van der Waals surface area contributed by atoms with Crippen LogP contribution in [0.25, 0.3) is 0 Å². The number of nitrogens with one attached hydrogen (secondary N) is 4. The summed E-state index contributed by atoms with van der Waals surface area (Å²) in [5.41, 5.74) is -1.97. The van der Waals surface area contributed by atoms with E-state index in [1.807, 2.05) is 34.6 Å². The first-order valence-corrected chi connectivity index (χ1v) is 19.6. The fourth-order valence-electron chi connectivity index (χ4n) is 7.49. The lowest BCUT2D eigenvalue weighted by molar-refractivity contribution is -0.145. The van der Waals surface area contributed by atoms with E-state index in [0.29, 0.717) is 32.2 Å². The molecule has 0 aromatic heterocycles. The maximum absolute atomic E-state index is 14.5. The summed E-state index contributed by atoms with van der Waals surface area (Å²) in [6, 6.07) is -3.71. The second kappa shape index (κ2) is 15.6. The van der Waals surface area contributed by atoms with Crippen LogP contribution in [-0.2, 0) is 29.0 Å². The van der Waals surface area contributed by atoms with Crippen molar-refractivity contribution < 1.29 is 32.4 Å². The lowest BCUT2D eigenvalue weighted by atomic mass is 9.83. The third-order valence-corrected chi connectivity index (χ3v) is 13.7. The Morgan fingerprint density at radius 3 is 2.06 bits per heavy atom. The highest BCUT2D eigenvalue weighted by molar-refractivity contribution is 7.92. The maximum atomic E-state index is 14.5. The highest BCUT2D eigenvalue weighted by Crippen LogP contribution is 2.65. The van der Waals surface area contributed by atoms with Crippen LogP contribution in [-0.4, -0.2) is 90.1 Å². The lowest BCUT2D eigenvalue weighted by Gasteiger charge is -2.41. The zero-order valence-corrected chi connectivity index (χ0v) is 32.3. The Hall–Kier alpha value is -3.22. The monoisotopic (exact) mass is 719 g/mol. The number of Topliss-reactive ketones (excluding diaryl/α,β-unsaturated/α-hetero) is 1. The van der Waals surface area contributed by atoms with Crippen LogP contribution < -0.4 is 21.3 Å². The van der Waals surface area contributed by atoms with Gasteiger partial charge in [0.15, 0.2) is 9.84 Å².